The first-order chi connectivity index (χ1) is 9.70. The van der Waals surface area contributed by atoms with Crippen LogP contribution in [0.2, 0.25) is 9.36 Å². The Morgan fingerprint density at radius 1 is 1.29 bits per heavy atom. The van der Waals surface area contributed by atoms with Crippen molar-refractivity contribution in [1.82, 2.24) is 0 Å². The Bertz CT molecular complexity index is 815. The van der Waals surface area contributed by atoms with Crippen molar-refractivity contribution in [3.8, 4) is 0 Å². The molecule has 0 aliphatic carbocycles. The lowest BCUT2D eigenvalue weighted by molar-refractivity contribution is 0.0691. The number of carboxylic acids is 1. The molecular formula is C12H7Cl2FO4S2. The minimum absolute atomic E-state index is 0.170. The highest BCUT2D eigenvalue weighted by Gasteiger charge is 2.26. The average molecular weight is 369 g/mol. The summed E-state index contributed by atoms with van der Waals surface area (Å²) in [6, 6.07) is 4.79. The number of sulfone groups is 1. The highest BCUT2D eigenvalue weighted by atomic mass is 35.5. The van der Waals surface area contributed by atoms with Crippen LogP contribution in [0.3, 0.4) is 0 Å². The summed E-state index contributed by atoms with van der Waals surface area (Å²) in [4.78, 5) is 10.6. The van der Waals surface area contributed by atoms with Crippen molar-refractivity contribution in [2.24, 2.45) is 0 Å². The van der Waals surface area contributed by atoms with Gasteiger partial charge in [0.05, 0.1) is 15.7 Å². The molecule has 0 bridgehead atoms. The second kappa shape index (κ2) is 5.92. The largest absolute Gasteiger partial charge is 0.478 e. The summed E-state index contributed by atoms with van der Waals surface area (Å²) < 4.78 is 38.9. The maximum absolute atomic E-state index is 14.1. The van der Waals surface area contributed by atoms with Gasteiger partial charge in [-0.2, -0.15) is 0 Å². The maximum atomic E-state index is 14.1. The lowest BCUT2D eigenvalue weighted by Gasteiger charge is -2.07. The average Bonchev–Trinajstić information content (AvgIpc) is 2.76. The Labute approximate surface area is 133 Å². The van der Waals surface area contributed by atoms with Crippen LogP contribution in [0.4, 0.5) is 4.39 Å². The van der Waals surface area contributed by atoms with Gasteiger partial charge in [-0.1, -0.05) is 23.2 Å². The fourth-order valence-corrected chi connectivity index (χ4v) is 4.82. The van der Waals surface area contributed by atoms with Gasteiger partial charge in [0.25, 0.3) is 0 Å². The van der Waals surface area contributed by atoms with Gasteiger partial charge in [-0.25, -0.2) is 17.6 Å². The van der Waals surface area contributed by atoms with Crippen LogP contribution in [0.5, 0.6) is 0 Å². The molecule has 0 unspecified atom stereocenters. The van der Waals surface area contributed by atoms with E-state index in [0.29, 0.717) is 9.21 Å². The summed E-state index contributed by atoms with van der Waals surface area (Å²) in [5.74, 6) is -3.40. The molecule has 1 heterocycles. The zero-order valence-corrected chi connectivity index (χ0v) is 13.3. The SMILES string of the molecule is O=C(O)c1cc(Cl)cc(S(=O)(=O)Cc2ccc(Cl)s2)c1F. The van der Waals surface area contributed by atoms with Gasteiger partial charge in [-0.15, -0.1) is 11.3 Å². The Morgan fingerprint density at radius 3 is 2.48 bits per heavy atom. The van der Waals surface area contributed by atoms with Crippen LogP contribution in [-0.2, 0) is 15.6 Å². The quantitative estimate of drug-likeness (QED) is 0.888. The lowest BCUT2D eigenvalue weighted by Crippen LogP contribution is -2.10. The van der Waals surface area contributed by atoms with Gasteiger partial charge < -0.3 is 5.11 Å². The van der Waals surface area contributed by atoms with Crippen molar-refractivity contribution in [3.63, 3.8) is 0 Å². The van der Waals surface area contributed by atoms with E-state index in [1.807, 2.05) is 0 Å². The van der Waals surface area contributed by atoms with Crippen LogP contribution in [0.1, 0.15) is 15.2 Å². The van der Waals surface area contributed by atoms with Gasteiger partial charge in [-0.3, -0.25) is 0 Å². The molecule has 0 saturated carbocycles. The summed E-state index contributed by atoms with van der Waals surface area (Å²) in [6.45, 7) is 0. The number of halogens is 3. The normalized spacial score (nSPS) is 11.6. The third kappa shape index (κ3) is 3.55. The molecule has 2 rings (SSSR count). The van der Waals surface area contributed by atoms with Gasteiger partial charge in [-0.05, 0) is 24.3 Å². The molecular weight excluding hydrogens is 362 g/mol. The number of rotatable bonds is 4. The Kier molecular flexibility index (Phi) is 4.57. The number of benzene rings is 1. The fraction of sp³-hybridized carbons (Fsp3) is 0.0833. The fourth-order valence-electron chi connectivity index (χ4n) is 1.64. The molecule has 0 radical (unpaired) electrons. The maximum Gasteiger partial charge on any atom is 0.338 e. The standard InChI is InChI=1S/C12H7Cl2FO4S2/c13-6-3-8(12(16)17)11(15)9(4-6)21(18,19)5-7-1-2-10(14)20-7/h1-4H,5H2,(H,16,17). The lowest BCUT2D eigenvalue weighted by atomic mass is 10.2. The molecule has 21 heavy (non-hydrogen) atoms. The van der Waals surface area contributed by atoms with Crippen molar-refractivity contribution in [2.45, 2.75) is 10.6 Å². The zero-order chi connectivity index (χ0) is 15.8. The second-order valence-corrected chi connectivity index (χ2v) is 8.23. The van der Waals surface area contributed by atoms with E-state index in [1.54, 1.807) is 0 Å². The van der Waals surface area contributed by atoms with E-state index >= 15 is 0 Å². The molecule has 0 aliphatic rings. The van der Waals surface area contributed by atoms with Crippen LogP contribution in [0.15, 0.2) is 29.2 Å². The van der Waals surface area contributed by atoms with Crippen LogP contribution in [0, 0.1) is 5.82 Å². The Balaban J connectivity index is 2.52. The molecule has 112 valence electrons. The molecule has 0 fully saturated rings. The zero-order valence-electron chi connectivity index (χ0n) is 10.1. The number of hydrogen-bond donors (Lipinski definition) is 1. The summed E-state index contributed by atoms with van der Waals surface area (Å²) >= 11 is 12.4. The smallest absolute Gasteiger partial charge is 0.338 e. The predicted molar refractivity (Wildman–Crippen MR) is 78.6 cm³/mol. The minimum Gasteiger partial charge on any atom is -0.478 e. The van der Waals surface area contributed by atoms with Gasteiger partial charge >= 0.3 is 5.97 Å². The van der Waals surface area contributed by atoms with Gasteiger partial charge in [0.1, 0.15) is 4.90 Å². The van der Waals surface area contributed by atoms with E-state index in [-0.39, 0.29) is 5.02 Å². The molecule has 0 amide bonds. The molecule has 0 saturated heterocycles. The molecule has 9 heteroatoms. The van der Waals surface area contributed by atoms with Crippen LogP contribution >= 0.6 is 34.5 Å². The number of aromatic carboxylic acids is 1. The highest BCUT2D eigenvalue weighted by molar-refractivity contribution is 7.90. The van der Waals surface area contributed by atoms with Gasteiger partial charge in [0.15, 0.2) is 15.7 Å². The molecule has 0 aliphatic heterocycles. The van der Waals surface area contributed by atoms with E-state index < -0.39 is 37.8 Å². The molecule has 1 N–H and O–H groups in total. The first-order valence-electron chi connectivity index (χ1n) is 5.40. The van der Waals surface area contributed by atoms with E-state index in [2.05, 4.69) is 0 Å². The molecule has 0 atom stereocenters. The molecule has 1 aromatic carbocycles. The van der Waals surface area contributed by atoms with E-state index in [0.717, 1.165) is 23.5 Å². The van der Waals surface area contributed by atoms with Crippen LogP contribution in [0.25, 0.3) is 0 Å². The number of hydrogen-bond acceptors (Lipinski definition) is 4. The first kappa shape index (κ1) is 16.2. The third-order valence-corrected chi connectivity index (χ3v) is 5.82. The van der Waals surface area contributed by atoms with Gasteiger partial charge in [0, 0.05) is 9.90 Å². The number of carbonyl (C=O) groups is 1. The number of thiophene rings is 1. The van der Waals surface area contributed by atoms with Crippen molar-refractivity contribution in [3.05, 3.63) is 49.9 Å². The van der Waals surface area contributed by atoms with Crippen molar-refractivity contribution in [1.29, 1.82) is 0 Å². The Morgan fingerprint density at radius 2 is 1.95 bits per heavy atom. The van der Waals surface area contributed by atoms with Crippen molar-refractivity contribution < 1.29 is 22.7 Å². The summed E-state index contributed by atoms with van der Waals surface area (Å²) in [6.07, 6.45) is 0. The van der Waals surface area contributed by atoms with Crippen LogP contribution in [-0.4, -0.2) is 19.5 Å². The first-order valence-corrected chi connectivity index (χ1v) is 8.62. The van der Waals surface area contributed by atoms with E-state index in [9.17, 15) is 17.6 Å². The predicted octanol–water partition coefficient (Wildman–Crippen LogP) is 3.87. The molecule has 4 nitrogen and oxygen atoms in total. The molecule has 1 aromatic heterocycles. The second-order valence-electron chi connectivity index (χ2n) is 4.04. The third-order valence-electron chi connectivity index (χ3n) is 2.53. The van der Waals surface area contributed by atoms with Crippen molar-refractivity contribution in [2.75, 3.05) is 0 Å². The summed E-state index contributed by atoms with van der Waals surface area (Å²) in [5.41, 5.74) is -0.787. The summed E-state index contributed by atoms with van der Waals surface area (Å²) in [7, 11) is -4.08. The minimum atomic E-state index is -4.08. The molecule has 0 spiro atoms. The van der Waals surface area contributed by atoms with Crippen molar-refractivity contribution >= 4 is 50.3 Å². The number of carboxylic acid groups (broad SMARTS) is 1. The van der Waals surface area contributed by atoms with Crippen LogP contribution < -0.4 is 0 Å². The monoisotopic (exact) mass is 368 g/mol. The Hall–Kier alpha value is -1.15. The van der Waals surface area contributed by atoms with E-state index in [4.69, 9.17) is 28.3 Å². The highest BCUT2D eigenvalue weighted by Crippen LogP contribution is 2.29. The summed E-state index contributed by atoms with van der Waals surface area (Å²) in [5, 5.41) is 8.69. The topological polar surface area (TPSA) is 71.4 Å². The molecule has 2 aromatic rings. The van der Waals surface area contributed by atoms with E-state index in [1.165, 1.54) is 12.1 Å². The van der Waals surface area contributed by atoms with Gasteiger partial charge in [0.2, 0.25) is 0 Å².